The maximum Gasteiger partial charge on any atom is 0.225 e. The van der Waals surface area contributed by atoms with E-state index in [0.29, 0.717) is 11.5 Å². The van der Waals surface area contributed by atoms with Crippen LogP contribution in [0.4, 0.5) is 5.13 Å². The summed E-state index contributed by atoms with van der Waals surface area (Å²) in [4.78, 5) is 24.1. The van der Waals surface area contributed by atoms with Gasteiger partial charge in [0.25, 0.3) is 0 Å². The summed E-state index contributed by atoms with van der Waals surface area (Å²) in [5.41, 5.74) is 5.45. The quantitative estimate of drug-likeness (QED) is 0.336. The summed E-state index contributed by atoms with van der Waals surface area (Å²) in [6, 6.07) is 14.5. The first-order valence-corrected chi connectivity index (χ1v) is 17.1. The minimum atomic E-state index is -1.24. The third-order valence-electron chi connectivity index (χ3n) is 10.1. The van der Waals surface area contributed by atoms with Crippen molar-refractivity contribution in [3.8, 4) is 23.1 Å². The number of fused-ring (bicyclic) bond motifs is 2. The van der Waals surface area contributed by atoms with Crippen molar-refractivity contribution in [3.05, 3.63) is 64.0 Å². The number of carbonyl (C=O) groups is 1. The van der Waals surface area contributed by atoms with E-state index in [2.05, 4.69) is 40.3 Å². The molecule has 45 heavy (non-hydrogen) atoms. The molecule has 0 spiro atoms. The number of carbonyl (C=O) groups excluding carboxylic acids is 1. The first-order chi connectivity index (χ1) is 21.9. The van der Waals surface area contributed by atoms with Crippen LogP contribution in [0.25, 0.3) is 11.3 Å². The molecular formula is C35H41N5O4S. The van der Waals surface area contributed by atoms with Crippen LogP contribution in [-0.4, -0.2) is 76.5 Å². The number of thiazole rings is 1. The first kappa shape index (κ1) is 30.2. The van der Waals surface area contributed by atoms with Crippen LogP contribution in [0, 0.1) is 41.9 Å². The number of piperazine rings is 1. The maximum atomic E-state index is 12.4. The van der Waals surface area contributed by atoms with Gasteiger partial charge in [-0.1, -0.05) is 23.8 Å². The van der Waals surface area contributed by atoms with Gasteiger partial charge in [-0.05, 0) is 68.2 Å². The van der Waals surface area contributed by atoms with E-state index in [1.165, 1.54) is 0 Å². The lowest BCUT2D eigenvalue weighted by Crippen LogP contribution is -2.48. The van der Waals surface area contributed by atoms with Crippen LogP contribution < -0.4 is 9.64 Å². The zero-order chi connectivity index (χ0) is 31.1. The number of nitriles is 1. The Morgan fingerprint density at radius 2 is 1.82 bits per heavy atom. The van der Waals surface area contributed by atoms with Gasteiger partial charge in [0, 0.05) is 74.2 Å². The van der Waals surface area contributed by atoms with Crippen molar-refractivity contribution in [1.82, 2.24) is 14.8 Å². The third-order valence-corrected chi connectivity index (χ3v) is 11.0. The molecule has 7 rings (SSSR count). The monoisotopic (exact) mass is 627 g/mol. The molecule has 2 bridgehead atoms. The fourth-order valence-corrected chi connectivity index (χ4v) is 8.34. The van der Waals surface area contributed by atoms with Crippen LogP contribution in [0.5, 0.6) is 5.75 Å². The Bertz CT molecular complexity index is 1570. The van der Waals surface area contributed by atoms with E-state index in [1.54, 1.807) is 11.3 Å². The highest BCUT2D eigenvalue weighted by Crippen LogP contribution is 2.45. The molecule has 3 atom stereocenters. The fourth-order valence-electron chi connectivity index (χ4n) is 7.49. The lowest BCUT2D eigenvalue weighted by Gasteiger charge is -2.38. The standard InChI is InChI=1S/C35H41N5O4S/c1-22-2-9-31(29(14-22)30-21-45-35(37-30)40-18-25-7-8-26(19-40)32(25)34(42)43)44-20-27-4-3-23(15-28(27)16-36)17-38-10-12-39(13-11-38)33(41)24-5-6-24/h2-4,9,14-15,21,24-26,32,34,42-43H,5-8,10-13,17-20H2,1H3/t25-,26+,32?. The number of anilines is 1. The van der Waals surface area contributed by atoms with Gasteiger partial charge in [0.1, 0.15) is 12.4 Å². The number of aliphatic hydroxyl groups is 2. The van der Waals surface area contributed by atoms with Gasteiger partial charge in [-0.25, -0.2) is 4.98 Å². The van der Waals surface area contributed by atoms with E-state index in [1.807, 2.05) is 29.2 Å². The van der Waals surface area contributed by atoms with Crippen molar-refractivity contribution in [2.75, 3.05) is 44.2 Å². The molecule has 1 aromatic heterocycles. The fraction of sp³-hybridized carbons (Fsp3) is 0.514. The van der Waals surface area contributed by atoms with E-state index < -0.39 is 6.29 Å². The second kappa shape index (κ2) is 12.7. The van der Waals surface area contributed by atoms with Crippen LogP contribution in [0.3, 0.4) is 0 Å². The molecule has 2 saturated heterocycles. The minimum Gasteiger partial charge on any atom is -0.488 e. The predicted octanol–water partition coefficient (Wildman–Crippen LogP) is 4.40. The third kappa shape index (κ3) is 6.45. The molecule has 9 nitrogen and oxygen atoms in total. The highest BCUT2D eigenvalue weighted by molar-refractivity contribution is 7.14. The molecule has 0 radical (unpaired) electrons. The minimum absolute atomic E-state index is 0.0379. The Labute approximate surface area is 268 Å². The molecule has 236 valence electrons. The van der Waals surface area contributed by atoms with Crippen molar-refractivity contribution >= 4 is 22.4 Å². The normalized spacial score (nSPS) is 23.4. The maximum absolute atomic E-state index is 12.4. The smallest absolute Gasteiger partial charge is 0.225 e. The number of ether oxygens (including phenoxy) is 1. The Kier molecular flexibility index (Phi) is 8.53. The van der Waals surface area contributed by atoms with Gasteiger partial charge >= 0.3 is 0 Å². The van der Waals surface area contributed by atoms with Gasteiger partial charge in [0.2, 0.25) is 5.91 Å². The lowest BCUT2D eigenvalue weighted by molar-refractivity contribution is -0.134. The lowest BCUT2D eigenvalue weighted by atomic mass is 9.85. The van der Waals surface area contributed by atoms with Crippen molar-refractivity contribution in [3.63, 3.8) is 0 Å². The number of aryl methyl sites for hydroxylation is 1. The van der Waals surface area contributed by atoms with Gasteiger partial charge in [-0.3, -0.25) is 9.69 Å². The number of benzene rings is 2. The molecule has 1 amide bonds. The Morgan fingerprint density at radius 3 is 2.51 bits per heavy atom. The van der Waals surface area contributed by atoms with E-state index in [-0.39, 0.29) is 30.3 Å². The number of hydrogen-bond donors (Lipinski definition) is 2. The molecule has 3 aromatic rings. The summed E-state index contributed by atoms with van der Waals surface area (Å²) >= 11 is 1.62. The molecule has 10 heteroatoms. The first-order valence-electron chi connectivity index (χ1n) is 16.2. The average Bonchev–Trinajstić information content (AvgIpc) is 3.71. The summed E-state index contributed by atoms with van der Waals surface area (Å²) in [5.74, 6) is 1.84. The van der Waals surface area contributed by atoms with Crippen molar-refractivity contribution in [2.24, 2.45) is 23.7 Å². The Hall–Kier alpha value is -3.49. The van der Waals surface area contributed by atoms with Crippen molar-refractivity contribution in [1.29, 1.82) is 5.26 Å². The van der Waals surface area contributed by atoms with Gasteiger partial charge in [-0.15, -0.1) is 11.3 Å². The Morgan fingerprint density at radius 1 is 1.07 bits per heavy atom. The molecule has 2 saturated carbocycles. The van der Waals surface area contributed by atoms with Crippen LogP contribution >= 0.6 is 11.3 Å². The molecule has 4 aliphatic rings. The van der Waals surface area contributed by atoms with Gasteiger partial charge in [0.15, 0.2) is 11.4 Å². The summed E-state index contributed by atoms with van der Waals surface area (Å²) in [5, 5.41) is 32.8. The predicted molar refractivity (Wildman–Crippen MR) is 172 cm³/mol. The number of piperidine rings is 1. The molecule has 2 aromatic carbocycles. The largest absolute Gasteiger partial charge is 0.488 e. The van der Waals surface area contributed by atoms with E-state index in [9.17, 15) is 20.3 Å². The number of aliphatic hydroxyl groups excluding tert-OH is 1. The molecule has 2 aliphatic heterocycles. The van der Waals surface area contributed by atoms with E-state index >= 15 is 0 Å². The molecule has 1 unspecified atom stereocenters. The molecule has 2 N–H and O–H groups in total. The van der Waals surface area contributed by atoms with Crippen LogP contribution in [-0.2, 0) is 17.9 Å². The number of hydrogen-bond acceptors (Lipinski definition) is 9. The number of amides is 1. The molecule has 4 fully saturated rings. The molecule has 3 heterocycles. The summed E-state index contributed by atoms with van der Waals surface area (Å²) in [6.45, 7) is 7.95. The van der Waals surface area contributed by atoms with Gasteiger partial charge < -0.3 is 24.7 Å². The zero-order valence-electron chi connectivity index (χ0n) is 25.8. The number of aromatic nitrogens is 1. The Balaban J connectivity index is 1.00. The SMILES string of the molecule is Cc1ccc(OCc2ccc(CN3CCN(C(=O)C4CC4)CC3)cc2C#N)c(-c2csc(N3C[C@H]4CC[C@@H](C3)C4C(O)O)n2)c1. The molecule has 2 aliphatic carbocycles. The molecular weight excluding hydrogens is 586 g/mol. The second-order valence-corrected chi connectivity index (χ2v) is 14.1. The topological polar surface area (TPSA) is 113 Å². The van der Waals surface area contributed by atoms with Crippen molar-refractivity contribution < 1.29 is 19.7 Å². The summed E-state index contributed by atoms with van der Waals surface area (Å²) in [6.07, 6.45) is 2.91. The zero-order valence-corrected chi connectivity index (χ0v) is 26.6. The highest BCUT2D eigenvalue weighted by Gasteiger charge is 2.45. The van der Waals surface area contributed by atoms with Crippen molar-refractivity contribution in [2.45, 2.75) is 52.0 Å². The number of rotatable bonds is 9. The average molecular weight is 628 g/mol. The van der Waals surface area contributed by atoms with Crippen LogP contribution in [0.15, 0.2) is 41.8 Å². The van der Waals surface area contributed by atoms with E-state index in [4.69, 9.17) is 9.72 Å². The van der Waals surface area contributed by atoms with E-state index in [0.717, 1.165) is 110 Å². The van der Waals surface area contributed by atoms with Gasteiger partial charge in [0.05, 0.1) is 17.3 Å². The van der Waals surface area contributed by atoms with Crippen LogP contribution in [0.1, 0.15) is 47.9 Å². The second-order valence-electron chi connectivity index (χ2n) is 13.3. The van der Waals surface area contributed by atoms with Gasteiger partial charge in [-0.2, -0.15) is 5.26 Å². The summed E-state index contributed by atoms with van der Waals surface area (Å²) in [7, 11) is 0. The summed E-state index contributed by atoms with van der Waals surface area (Å²) < 4.78 is 6.36. The number of nitrogens with zero attached hydrogens (tertiary/aromatic N) is 5. The van der Waals surface area contributed by atoms with Crippen LogP contribution in [0.2, 0.25) is 0 Å². The highest BCUT2D eigenvalue weighted by atomic mass is 32.1.